The second-order valence-electron chi connectivity index (χ2n) is 5.31. The Morgan fingerprint density at radius 1 is 1.35 bits per heavy atom. The summed E-state index contributed by atoms with van der Waals surface area (Å²) < 4.78 is 0. The molecule has 2 atom stereocenters. The molecule has 1 saturated carbocycles. The molecule has 2 aliphatic rings. The van der Waals surface area contributed by atoms with Gasteiger partial charge in [0.25, 0.3) is 0 Å². The van der Waals surface area contributed by atoms with Gasteiger partial charge in [-0.15, -0.1) is 12.4 Å². The molecule has 1 aliphatic heterocycles. The zero-order chi connectivity index (χ0) is 11.9. The van der Waals surface area contributed by atoms with Crippen LogP contribution in [-0.2, 0) is 9.59 Å². The van der Waals surface area contributed by atoms with Crippen molar-refractivity contribution in [1.29, 1.82) is 0 Å². The number of carbonyl (C=O) groups is 2. The van der Waals surface area contributed by atoms with Crippen molar-refractivity contribution in [1.82, 2.24) is 10.2 Å². The Labute approximate surface area is 108 Å². The van der Waals surface area contributed by atoms with Crippen LogP contribution in [-0.4, -0.2) is 42.9 Å². The van der Waals surface area contributed by atoms with Gasteiger partial charge in [0.15, 0.2) is 0 Å². The van der Waals surface area contributed by atoms with Gasteiger partial charge in [0.1, 0.15) is 0 Å². The number of hydrogen-bond donors (Lipinski definition) is 2. The standard InChI is InChI=1S/C11H19N3O2.ClH/c1-11(2)7-5-14(6-8(7)11)10(16)4-13-9(15)3-12;/h7-8H,3-6,12H2,1-2H3,(H,13,15);1H. The highest BCUT2D eigenvalue weighted by Crippen LogP contribution is 2.61. The van der Waals surface area contributed by atoms with E-state index in [-0.39, 0.29) is 37.3 Å². The number of likely N-dealkylation sites (tertiary alicyclic amines) is 1. The molecule has 0 aromatic heterocycles. The number of nitrogens with zero attached hydrogens (tertiary/aromatic N) is 1. The van der Waals surface area contributed by atoms with Crippen molar-refractivity contribution in [3.05, 3.63) is 0 Å². The second-order valence-corrected chi connectivity index (χ2v) is 5.31. The zero-order valence-corrected chi connectivity index (χ0v) is 11.0. The average Bonchev–Trinajstić information content (AvgIpc) is 2.70. The molecule has 0 bridgehead atoms. The van der Waals surface area contributed by atoms with Gasteiger partial charge in [0, 0.05) is 13.1 Å². The minimum absolute atomic E-state index is 0. The minimum atomic E-state index is -0.280. The van der Waals surface area contributed by atoms with E-state index in [1.165, 1.54) is 0 Å². The number of rotatable bonds is 3. The monoisotopic (exact) mass is 261 g/mol. The molecule has 2 fully saturated rings. The van der Waals surface area contributed by atoms with Crippen molar-refractivity contribution >= 4 is 24.2 Å². The lowest BCUT2D eigenvalue weighted by Crippen LogP contribution is -2.42. The molecule has 6 heteroatoms. The number of nitrogens with two attached hydrogens (primary N) is 1. The van der Waals surface area contributed by atoms with Gasteiger partial charge < -0.3 is 16.0 Å². The van der Waals surface area contributed by atoms with Crippen molar-refractivity contribution < 1.29 is 9.59 Å². The Morgan fingerprint density at radius 3 is 2.35 bits per heavy atom. The number of carbonyl (C=O) groups excluding carboxylic acids is 2. The molecule has 5 nitrogen and oxygen atoms in total. The molecule has 0 aromatic rings. The smallest absolute Gasteiger partial charge is 0.241 e. The molecule has 1 saturated heterocycles. The largest absolute Gasteiger partial charge is 0.346 e. The predicted molar refractivity (Wildman–Crippen MR) is 66.7 cm³/mol. The number of fused-ring (bicyclic) bond motifs is 1. The molecule has 2 unspecified atom stereocenters. The van der Waals surface area contributed by atoms with Gasteiger partial charge in [-0.25, -0.2) is 0 Å². The van der Waals surface area contributed by atoms with Crippen LogP contribution in [0.4, 0.5) is 0 Å². The third-order valence-corrected chi connectivity index (χ3v) is 4.10. The van der Waals surface area contributed by atoms with Gasteiger partial charge >= 0.3 is 0 Å². The zero-order valence-electron chi connectivity index (χ0n) is 10.2. The highest BCUT2D eigenvalue weighted by Gasteiger charge is 2.62. The van der Waals surface area contributed by atoms with Crippen molar-refractivity contribution in [2.75, 3.05) is 26.2 Å². The summed E-state index contributed by atoms with van der Waals surface area (Å²) in [5.41, 5.74) is 5.55. The third kappa shape index (κ3) is 2.55. The first-order valence-corrected chi connectivity index (χ1v) is 5.71. The maximum absolute atomic E-state index is 11.7. The Bertz CT molecular complexity index is 319. The summed E-state index contributed by atoms with van der Waals surface area (Å²) in [5, 5.41) is 2.50. The van der Waals surface area contributed by atoms with Crippen LogP contribution in [0.2, 0.25) is 0 Å². The van der Waals surface area contributed by atoms with Gasteiger partial charge in [0.2, 0.25) is 11.8 Å². The molecule has 17 heavy (non-hydrogen) atoms. The molecular weight excluding hydrogens is 242 g/mol. The number of nitrogens with one attached hydrogen (secondary N) is 1. The van der Waals surface area contributed by atoms with Crippen LogP contribution in [0.3, 0.4) is 0 Å². The minimum Gasteiger partial charge on any atom is -0.346 e. The fourth-order valence-corrected chi connectivity index (χ4v) is 2.69. The highest BCUT2D eigenvalue weighted by molar-refractivity contribution is 5.86. The van der Waals surface area contributed by atoms with E-state index in [1.807, 2.05) is 4.90 Å². The Morgan fingerprint density at radius 2 is 1.88 bits per heavy atom. The Balaban J connectivity index is 0.00000144. The first-order chi connectivity index (χ1) is 7.46. The third-order valence-electron chi connectivity index (χ3n) is 4.10. The number of halogens is 1. The van der Waals surface area contributed by atoms with E-state index in [1.54, 1.807) is 0 Å². The van der Waals surface area contributed by atoms with Crippen molar-refractivity contribution in [3.63, 3.8) is 0 Å². The van der Waals surface area contributed by atoms with E-state index in [9.17, 15) is 9.59 Å². The van der Waals surface area contributed by atoms with Gasteiger partial charge in [-0.1, -0.05) is 13.8 Å². The number of piperidine rings is 1. The van der Waals surface area contributed by atoms with E-state index >= 15 is 0 Å². The fourth-order valence-electron chi connectivity index (χ4n) is 2.69. The lowest BCUT2D eigenvalue weighted by Gasteiger charge is -2.22. The Hall–Kier alpha value is -0.810. The topological polar surface area (TPSA) is 75.4 Å². The second kappa shape index (κ2) is 4.82. The van der Waals surface area contributed by atoms with E-state index in [0.29, 0.717) is 17.3 Å². The van der Waals surface area contributed by atoms with Crippen LogP contribution < -0.4 is 11.1 Å². The summed E-state index contributed by atoms with van der Waals surface area (Å²) in [5.74, 6) is 1.03. The van der Waals surface area contributed by atoms with Gasteiger partial charge in [-0.3, -0.25) is 9.59 Å². The first-order valence-electron chi connectivity index (χ1n) is 5.71. The maximum atomic E-state index is 11.7. The van der Waals surface area contributed by atoms with E-state index in [2.05, 4.69) is 19.2 Å². The summed E-state index contributed by atoms with van der Waals surface area (Å²) in [7, 11) is 0. The van der Waals surface area contributed by atoms with Crippen molar-refractivity contribution in [2.45, 2.75) is 13.8 Å². The summed E-state index contributed by atoms with van der Waals surface area (Å²) in [6, 6.07) is 0. The SMILES string of the molecule is CC1(C)C2CN(C(=O)CNC(=O)CN)CC21.Cl. The van der Waals surface area contributed by atoms with Crippen LogP contribution in [0.1, 0.15) is 13.8 Å². The quantitative estimate of drug-likeness (QED) is 0.726. The number of amides is 2. The van der Waals surface area contributed by atoms with Gasteiger partial charge in [0.05, 0.1) is 13.1 Å². The summed E-state index contributed by atoms with van der Waals surface area (Å²) in [6.45, 7) is 6.20. The summed E-state index contributed by atoms with van der Waals surface area (Å²) >= 11 is 0. The lowest BCUT2D eigenvalue weighted by molar-refractivity contribution is -0.132. The average molecular weight is 262 g/mol. The molecule has 98 valence electrons. The molecule has 0 aromatic carbocycles. The molecular formula is C11H20ClN3O2. The normalized spacial score (nSPS) is 28.1. The molecule has 1 heterocycles. The molecule has 2 amide bonds. The van der Waals surface area contributed by atoms with Crippen LogP contribution >= 0.6 is 12.4 Å². The van der Waals surface area contributed by atoms with Crippen LogP contribution in [0, 0.1) is 17.3 Å². The summed E-state index contributed by atoms with van der Waals surface area (Å²) in [6.07, 6.45) is 0. The highest BCUT2D eigenvalue weighted by atomic mass is 35.5. The molecule has 0 spiro atoms. The Kier molecular flexibility index (Phi) is 4.04. The molecule has 1 aliphatic carbocycles. The fraction of sp³-hybridized carbons (Fsp3) is 0.818. The van der Waals surface area contributed by atoms with Crippen molar-refractivity contribution in [3.8, 4) is 0 Å². The van der Waals surface area contributed by atoms with Crippen molar-refractivity contribution in [2.24, 2.45) is 23.0 Å². The van der Waals surface area contributed by atoms with E-state index < -0.39 is 0 Å². The first kappa shape index (κ1) is 14.3. The van der Waals surface area contributed by atoms with Gasteiger partial charge in [-0.2, -0.15) is 0 Å². The predicted octanol–water partition coefficient (Wildman–Crippen LogP) is -0.402. The maximum Gasteiger partial charge on any atom is 0.241 e. The van der Waals surface area contributed by atoms with Crippen LogP contribution in [0.25, 0.3) is 0 Å². The molecule has 2 rings (SSSR count). The lowest BCUT2D eigenvalue weighted by atomic mass is 10.1. The van der Waals surface area contributed by atoms with Gasteiger partial charge in [-0.05, 0) is 17.3 Å². The van der Waals surface area contributed by atoms with E-state index in [4.69, 9.17) is 5.73 Å². The number of hydrogen-bond acceptors (Lipinski definition) is 3. The molecule has 0 radical (unpaired) electrons. The van der Waals surface area contributed by atoms with Crippen LogP contribution in [0.15, 0.2) is 0 Å². The summed E-state index contributed by atoms with van der Waals surface area (Å²) in [4.78, 5) is 24.5. The van der Waals surface area contributed by atoms with Crippen LogP contribution in [0.5, 0.6) is 0 Å². The molecule has 3 N–H and O–H groups in total. The van der Waals surface area contributed by atoms with E-state index in [0.717, 1.165) is 13.1 Å².